The van der Waals surface area contributed by atoms with E-state index < -0.39 is 11.8 Å². The summed E-state index contributed by atoms with van der Waals surface area (Å²) in [5.74, 6) is 0.217. The van der Waals surface area contributed by atoms with Gasteiger partial charge in [0, 0.05) is 22.9 Å². The summed E-state index contributed by atoms with van der Waals surface area (Å²) in [6.45, 7) is 1.63. The molecule has 204 valence electrons. The number of rotatable bonds is 7. The molecule has 1 aliphatic rings. The van der Waals surface area contributed by atoms with Gasteiger partial charge in [0.1, 0.15) is 28.8 Å². The number of amides is 2. The molecule has 1 aromatic heterocycles. The molecule has 0 N–H and O–H groups in total. The quantitative estimate of drug-likeness (QED) is 0.185. The average Bonchev–Trinajstić information content (AvgIpc) is 3.42. The Labute approximate surface area is 245 Å². The van der Waals surface area contributed by atoms with E-state index in [1.54, 1.807) is 56.2 Å². The predicted molar refractivity (Wildman–Crippen MR) is 158 cm³/mol. The summed E-state index contributed by atoms with van der Waals surface area (Å²) in [7, 11) is 3.16. The Balaban J connectivity index is 1.63. The van der Waals surface area contributed by atoms with Gasteiger partial charge in [0.05, 0.1) is 30.9 Å². The van der Waals surface area contributed by atoms with Crippen molar-refractivity contribution in [2.75, 3.05) is 14.2 Å². The van der Waals surface area contributed by atoms with Gasteiger partial charge in [-0.15, -0.1) is 0 Å². The van der Waals surface area contributed by atoms with Crippen LogP contribution in [0.2, 0.25) is 0 Å². The van der Waals surface area contributed by atoms with Crippen molar-refractivity contribution >= 4 is 33.8 Å². The number of hydrogen-bond acceptors (Lipinski definition) is 6. The zero-order valence-corrected chi connectivity index (χ0v) is 24.2. The highest BCUT2D eigenvalue weighted by Gasteiger charge is 2.35. The number of benzene rings is 3. The Morgan fingerprint density at radius 1 is 0.976 bits per heavy atom. The van der Waals surface area contributed by atoms with E-state index in [1.165, 1.54) is 0 Å². The van der Waals surface area contributed by atoms with E-state index in [0.717, 1.165) is 26.2 Å². The molecule has 0 atom stereocenters. The first kappa shape index (κ1) is 27.6. The molecule has 0 saturated heterocycles. The number of carbonyl (C=O) groups excluding carboxylic acids is 2. The number of ether oxygens (including phenoxy) is 2. The molecule has 0 spiro atoms. The van der Waals surface area contributed by atoms with Crippen LogP contribution < -0.4 is 9.47 Å². The normalized spacial score (nSPS) is 14.4. The van der Waals surface area contributed by atoms with Crippen LogP contribution in [0.25, 0.3) is 23.0 Å². The van der Waals surface area contributed by atoms with Crippen molar-refractivity contribution in [3.05, 3.63) is 111 Å². The predicted octanol–water partition coefficient (Wildman–Crippen LogP) is 6.11. The Morgan fingerprint density at radius 2 is 1.71 bits per heavy atom. The van der Waals surface area contributed by atoms with E-state index in [4.69, 9.17) is 14.6 Å². The lowest BCUT2D eigenvalue weighted by atomic mass is 9.93. The topological polar surface area (TPSA) is 97.5 Å². The van der Waals surface area contributed by atoms with Gasteiger partial charge in [-0.05, 0) is 82.5 Å². The van der Waals surface area contributed by atoms with Crippen molar-refractivity contribution in [3.8, 4) is 34.5 Å². The minimum atomic E-state index is -0.623. The second-order valence-electron chi connectivity index (χ2n) is 9.28. The number of imide groups is 1. The first-order chi connectivity index (χ1) is 19.8. The van der Waals surface area contributed by atoms with Crippen LogP contribution in [-0.4, -0.2) is 40.7 Å². The van der Waals surface area contributed by atoms with Crippen LogP contribution in [0, 0.1) is 11.3 Å². The van der Waals surface area contributed by atoms with E-state index in [9.17, 15) is 14.9 Å². The average molecular weight is 609 g/mol. The molecule has 0 unspecified atom stereocenters. The molecule has 0 radical (unpaired) electrons. The van der Waals surface area contributed by atoms with E-state index in [1.807, 2.05) is 60.8 Å². The van der Waals surface area contributed by atoms with E-state index >= 15 is 0 Å². The molecule has 9 heteroatoms. The molecule has 4 aromatic rings. The third kappa shape index (κ3) is 5.42. The highest BCUT2D eigenvalue weighted by atomic mass is 79.9. The molecular weight excluding hydrogens is 584 g/mol. The number of nitriles is 1. The van der Waals surface area contributed by atoms with Gasteiger partial charge in [-0.3, -0.25) is 14.5 Å². The van der Waals surface area contributed by atoms with Gasteiger partial charge in [-0.25, -0.2) is 4.68 Å². The molecule has 0 saturated carbocycles. The number of methoxy groups -OCH3 is 2. The zero-order chi connectivity index (χ0) is 29.1. The Kier molecular flexibility index (Phi) is 7.86. The van der Waals surface area contributed by atoms with Crippen molar-refractivity contribution < 1.29 is 19.1 Å². The van der Waals surface area contributed by atoms with Crippen LogP contribution in [0.1, 0.15) is 18.1 Å². The van der Waals surface area contributed by atoms with Crippen LogP contribution in [-0.2, 0) is 16.1 Å². The number of nitrogens with zero attached hydrogens (tertiary/aromatic N) is 4. The molecular formula is C32H25BrN4O4. The monoisotopic (exact) mass is 608 g/mol. The largest absolute Gasteiger partial charge is 0.497 e. The zero-order valence-electron chi connectivity index (χ0n) is 22.6. The summed E-state index contributed by atoms with van der Waals surface area (Å²) in [5.41, 5.74) is 4.10. The summed E-state index contributed by atoms with van der Waals surface area (Å²) >= 11 is 3.55. The molecule has 2 heterocycles. The third-order valence-electron chi connectivity index (χ3n) is 6.81. The fraction of sp³-hybridized carbons (Fsp3) is 0.125. The Hall–Kier alpha value is -4.94. The van der Waals surface area contributed by atoms with Gasteiger partial charge >= 0.3 is 0 Å². The van der Waals surface area contributed by atoms with E-state index in [0.29, 0.717) is 28.3 Å². The van der Waals surface area contributed by atoms with Crippen LogP contribution in [0.4, 0.5) is 0 Å². The van der Waals surface area contributed by atoms with Crippen molar-refractivity contribution in [3.63, 3.8) is 0 Å². The number of hydrogen-bond donors (Lipinski definition) is 0. The molecule has 5 rings (SSSR count). The van der Waals surface area contributed by atoms with Crippen LogP contribution in [0.15, 0.2) is 100 Å². The number of aromatic nitrogens is 2. The van der Waals surface area contributed by atoms with E-state index in [2.05, 4.69) is 15.9 Å². The van der Waals surface area contributed by atoms with Crippen LogP contribution in [0.5, 0.6) is 11.5 Å². The second kappa shape index (κ2) is 11.7. The molecule has 41 heavy (non-hydrogen) atoms. The minimum Gasteiger partial charge on any atom is -0.497 e. The second-order valence-corrected chi connectivity index (χ2v) is 10.1. The van der Waals surface area contributed by atoms with Gasteiger partial charge in [0.2, 0.25) is 0 Å². The van der Waals surface area contributed by atoms with Crippen LogP contribution >= 0.6 is 15.9 Å². The Morgan fingerprint density at radius 3 is 2.34 bits per heavy atom. The van der Waals surface area contributed by atoms with Crippen molar-refractivity contribution in [1.82, 2.24) is 14.7 Å². The van der Waals surface area contributed by atoms with Gasteiger partial charge in [0.25, 0.3) is 11.8 Å². The molecule has 2 amide bonds. The first-order valence-corrected chi connectivity index (χ1v) is 13.4. The lowest BCUT2D eigenvalue weighted by Crippen LogP contribution is -2.42. The van der Waals surface area contributed by atoms with Crippen molar-refractivity contribution in [2.24, 2.45) is 0 Å². The first-order valence-electron chi connectivity index (χ1n) is 12.7. The summed E-state index contributed by atoms with van der Waals surface area (Å²) < 4.78 is 13.1. The van der Waals surface area contributed by atoms with E-state index in [-0.39, 0.29) is 17.7 Å². The summed E-state index contributed by atoms with van der Waals surface area (Å²) in [6, 6.07) is 24.3. The lowest BCUT2D eigenvalue weighted by Gasteiger charge is -2.27. The minimum absolute atomic E-state index is 0.0129. The number of para-hydroxylation sites is 1. The lowest BCUT2D eigenvalue weighted by molar-refractivity contribution is -0.141. The number of carbonyl (C=O) groups is 2. The summed E-state index contributed by atoms with van der Waals surface area (Å²) in [6.07, 6.45) is 3.52. The van der Waals surface area contributed by atoms with Gasteiger partial charge in [0.15, 0.2) is 0 Å². The maximum absolute atomic E-state index is 13.8. The highest BCUT2D eigenvalue weighted by molar-refractivity contribution is 9.10. The fourth-order valence-electron chi connectivity index (χ4n) is 4.59. The van der Waals surface area contributed by atoms with Crippen LogP contribution in [0.3, 0.4) is 0 Å². The maximum Gasteiger partial charge on any atom is 0.271 e. The molecule has 0 fully saturated rings. The van der Waals surface area contributed by atoms with Gasteiger partial charge < -0.3 is 9.47 Å². The standard InChI is InChI=1S/C32H25BrN4O4/c1-20-26(31(38)36(32(39)27(20)17-34)18-21-9-12-25(40-2)13-10-21)15-23-19-37(24-7-5-4-6-8-24)35-30(23)22-11-14-29(41-3)28(33)16-22/h4-16,19H,18H2,1-3H3/b26-15+. The van der Waals surface area contributed by atoms with Crippen molar-refractivity contribution in [2.45, 2.75) is 13.5 Å². The Bertz CT molecular complexity index is 1750. The fourth-order valence-corrected chi connectivity index (χ4v) is 5.13. The number of halogens is 1. The molecule has 1 aliphatic heterocycles. The summed E-state index contributed by atoms with van der Waals surface area (Å²) in [4.78, 5) is 28.1. The SMILES string of the molecule is COc1ccc(CN2C(=O)C(C#N)=C(C)/C(=C\c3cn(-c4ccccc4)nc3-c3ccc(OC)c(Br)c3)C2=O)cc1. The van der Waals surface area contributed by atoms with Gasteiger partial charge in [-0.2, -0.15) is 10.4 Å². The maximum atomic E-state index is 13.8. The molecule has 0 aliphatic carbocycles. The van der Waals surface area contributed by atoms with Gasteiger partial charge in [-0.1, -0.05) is 30.3 Å². The van der Waals surface area contributed by atoms with Crippen molar-refractivity contribution in [1.29, 1.82) is 5.26 Å². The molecule has 3 aromatic carbocycles. The highest BCUT2D eigenvalue weighted by Crippen LogP contribution is 2.35. The molecule has 0 bridgehead atoms. The summed E-state index contributed by atoms with van der Waals surface area (Å²) in [5, 5.41) is 14.7. The third-order valence-corrected chi connectivity index (χ3v) is 7.43. The smallest absolute Gasteiger partial charge is 0.271 e. The molecule has 8 nitrogen and oxygen atoms in total.